The fraction of sp³-hybridized carbons (Fsp3) is 0.667. The third-order valence-corrected chi connectivity index (χ3v) is 0.348. The first-order valence-corrected chi connectivity index (χ1v) is 2.48. The molecule has 2 nitrogen and oxygen atoms in total. The van der Waals surface area contributed by atoms with Gasteiger partial charge < -0.3 is 9.47 Å². The summed E-state index contributed by atoms with van der Waals surface area (Å²) in [5, 5.41) is 0. The normalized spacial score (nSPS) is 6.67. The van der Waals surface area contributed by atoms with Gasteiger partial charge in [0, 0.05) is 39.3 Å². The van der Waals surface area contributed by atoms with Gasteiger partial charge in [-0.25, -0.2) is 14.2 Å². The van der Waals surface area contributed by atoms with Gasteiger partial charge in [-0.1, -0.05) is 6.92 Å². The first-order chi connectivity index (χ1) is 3.83. The minimum atomic E-state index is 0. The van der Waals surface area contributed by atoms with Crippen molar-refractivity contribution < 1.29 is 42.2 Å². The fourth-order valence-electron chi connectivity index (χ4n) is 0.144. The molecule has 0 aliphatic rings. The van der Waals surface area contributed by atoms with Crippen molar-refractivity contribution in [3.63, 3.8) is 0 Å². The van der Waals surface area contributed by atoms with E-state index in [1.165, 1.54) is 7.11 Å². The molecule has 0 aromatic carbocycles. The van der Waals surface area contributed by atoms with Crippen LogP contribution in [-0.2, 0) is 42.2 Å². The van der Waals surface area contributed by atoms with Crippen LogP contribution in [0.1, 0.15) is 13.3 Å². The Kier molecular flexibility index (Phi) is 42.3. The molecule has 0 saturated carbocycles. The molecule has 0 saturated heterocycles. The predicted molar refractivity (Wildman–Crippen MR) is 34.0 cm³/mol. The van der Waals surface area contributed by atoms with Crippen molar-refractivity contribution in [3.8, 4) is 0 Å². The zero-order chi connectivity index (χ0) is 6.83. The molecule has 0 unspecified atom stereocenters. The van der Waals surface area contributed by atoms with Crippen LogP contribution in [0.25, 0.3) is 0 Å². The molecule has 0 aromatic heterocycles. The Morgan fingerprint density at radius 2 is 1.67 bits per heavy atom. The van der Waals surface area contributed by atoms with E-state index in [9.17, 15) is 0 Å². The average Bonchev–Trinajstić information content (AvgIpc) is 1.71. The van der Waals surface area contributed by atoms with Crippen molar-refractivity contribution in [1.82, 2.24) is 0 Å². The third kappa shape index (κ3) is 48.7. The Morgan fingerprint density at radius 1 is 1.33 bits per heavy atom. The molecule has 9 heavy (non-hydrogen) atoms. The molecule has 0 amide bonds. The van der Waals surface area contributed by atoms with E-state index in [1.54, 1.807) is 0 Å². The maximum Gasteiger partial charge on any atom is 0.0107 e. The molecule has 0 rings (SSSR count). The molecule has 0 fully saturated rings. The molecular formula is C6H14O2Y-2. The second-order valence-electron chi connectivity index (χ2n) is 1.20. The van der Waals surface area contributed by atoms with Crippen LogP contribution in [-0.4, -0.2) is 13.7 Å². The summed E-state index contributed by atoms with van der Waals surface area (Å²) in [6, 6.07) is 0. The Hall–Kier alpha value is 1.02. The van der Waals surface area contributed by atoms with E-state index in [1.807, 2.05) is 6.92 Å². The van der Waals surface area contributed by atoms with Gasteiger partial charge in [-0.3, -0.25) is 0 Å². The summed E-state index contributed by atoms with van der Waals surface area (Å²) in [6.07, 6.45) is 1.06. The first kappa shape index (κ1) is 16.5. The van der Waals surface area contributed by atoms with Crippen molar-refractivity contribution in [2.24, 2.45) is 0 Å². The zero-order valence-corrected chi connectivity index (χ0v) is 9.06. The first-order valence-electron chi connectivity index (χ1n) is 2.48. The molecular weight excluding hydrogens is 193 g/mol. The van der Waals surface area contributed by atoms with E-state index < -0.39 is 0 Å². The van der Waals surface area contributed by atoms with E-state index in [-0.39, 0.29) is 32.7 Å². The monoisotopic (exact) mass is 207 g/mol. The topological polar surface area (TPSA) is 18.5 Å². The molecule has 0 heterocycles. The molecule has 0 bridgehead atoms. The Morgan fingerprint density at radius 3 is 1.67 bits per heavy atom. The maximum atomic E-state index is 4.44. The van der Waals surface area contributed by atoms with Crippen molar-refractivity contribution >= 4 is 0 Å². The van der Waals surface area contributed by atoms with Gasteiger partial charge >= 0.3 is 0 Å². The van der Waals surface area contributed by atoms with Gasteiger partial charge in [0.1, 0.15) is 0 Å². The standard InChI is InChI=1S/C4H9O.C2H5O.Y/c1-3-4-5-2;1-3-2;/h2-4H2,1H3;1H2,2H3;/q2*-1;. The van der Waals surface area contributed by atoms with Crippen molar-refractivity contribution in [2.75, 3.05) is 13.7 Å². The summed E-state index contributed by atoms with van der Waals surface area (Å²) in [6.45, 7) is 2.82. The van der Waals surface area contributed by atoms with Crippen LogP contribution >= 0.6 is 0 Å². The third-order valence-electron chi connectivity index (χ3n) is 0.348. The molecule has 0 spiro atoms. The summed E-state index contributed by atoms with van der Waals surface area (Å²) in [5.41, 5.74) is 0. The van der Waals surface area contributed by atoms with Crippen molar-refractivity contribution in [2.45, 2.75) is 13.3 Å². The van der Waals surface area contributed by atoms with Gasteiger partial charge in [0.2, 0.25) is 0 Å². The molecule has 0 atom stereocenters. The molecule has 0 N–H and O–H groups in total. The van der Waals surface area contributed by atoms with Crippen molar-refractivity contribution in [1.29, 1.82) is 0 Å². The second kappa shape index (κ2) is 23.0. The Bertz CT molecular complexity index is 25.0. The van der Waals surface area contributed by atoms with Gasteiger partial charge in [-0.2, -0.15) is 0 Å². The van der Waals surface area contributed by atoms with Crippen LogP contribution in [0.4, 0.5) is 0 Å². The van der Waals surface area contributed by atoms with E-state index in [0.29, 0.717) is 0 Å². The number of hydrogen-bond donors (Lipinski definition) is 0. The van der Waals surface area contributed by atoms with Crippen LogP contribution in [0.3, 0.4) is 0 Å². The second-order valence-corrected chi connectivity index (χ2v) is 1.20. The van der Waals surface area contributed by atoms with Crippen LogP contribution in [0.5, 0.6) is 0 Å². The van der Waals surface area contributed by atoms with Crippen molar-refractivity contribution in [3.05, 3.63) is 14.2 Å². The largest absolute Gasteiger partial charge is 0.557 e. The van der Waals surface area contributed by atoms with Gasteiger partial charge in [-0.05, 0) is 13.5 Å². The molecule has 3 heteroatoms. The van der Waals surface area contributed by atoms with Gasteiger partial charge in [-0.15, -0.1) is 0 Å². The molecule has 1 radical (unpaired) electrons. The smallest absolute Gasteiger partial charge is 0.0107 e. The van der Waals surface area contributed by atoms with Crippen LogP contribution in [0.2, 0.25) is 0 Å². The Balaban J connectivity index is -0.0000000800. The summed E-state index contributed by atoms with van der Waals surface area (Å²) < 4.78 is 8.44. The molecule has 55 valence electrons. The Labute approximate surface area is 83.2 Å². The predicted octanol–water partition coefficient (Wildman–Crippen LogP) is 1.63. The summed E-state index contributed by atoms with van der Waals surface area (Å²) in [4.78, 5) is 0. The zero-order valence-electron chi connectivity index (χ0n) is 6.22. The number of methoxy groups -OCH3 is 1. The summed E-state index contributed by atoms with van der Waals surface area (Å²) >= 11 is 0. The van der Waals surface area contributed by atoms with E-state index in [4.69, 9.17) is 0 Å². The van der Waals surface area contributed by atoms with E-state index >= 15 is 0 Å². The van der Waals surface area contributed by atoms with E-state index in [0.717, 1.165) is 13.0 Å². The van der Waals surface area contributed by atoms with Gasteiger partial charge in [0.05, 0.1) is 0 Å². The minimum Gasteiger partial charge on any atom is -0.557 e. The van der Waals surface area contributed by atoms with E-state index in [2.05, 4.69) is 23.7 Å². The fourth-order valence-corrected chi connectivity index (χ4v) is 0.144. The van der Waals surface area contributed by atoms with Crippen LogP contribution in [0, 0.1) is 14.2 Å². The molecule has 0 aromatic rings. The quantitative estimate of drug-likeness (QED) is 0.640. The molecule has 0 aliphatic heterocycles. The average molecular weight is 207 g/mol. The van der Waals surface area contributed by atoms with Crippen LogP contribution in [0.15, 0.2) is 0 Å². The summed E-state index contributed by atoms with van der Waals surface area (Å²) in [7, 11) is 7.68. The number of ether oxygens (including phenoxy) is 2. The summed E-state index contributed by atoms with van der Waals surface area (Å²) in [5.74, 6) is 0. The maximum absolute atomic E-state index is 4.44. The van der Waals surface area contributed by atoms with Gasteiger partial charge in [0.25, 0.3) is 0 Å². The molecule has 0 aliphatic carbocycles. The van der Waals surface area contributed by atoms with Gasteiger partial charge in [0.15, 0.2) is 0 Å². The SMILES string of the molecule is [CH2-]OC.[CH2-]OCCC.[Y]. The number of hydrogen-bond acceptors (Lipinski definition) is 2. The minimum absolute atomic E-state index is 0. The number of rotatable bonds is 2. The van der Waals surface area contributed by atoms with Crippen LogP contribution < -0.4 is 0 Å².